The first kappa shape index (κ1) is 12.2. The zero-order valence-corrected chi connectivity index (χ0v) is 10.7. The summed E-state index contributed by atoms with van der Waals surface area (Å²) in [6.07, 6.45) is 3.28. The third-order valence-corrected chi connectivity index (χ3v) is 3.66. The summed E-state index contributed by atoms with van der Waals surface area (Å²) in [5.74, 6) is -0.227. The Morgan fingerprint density at radius 1 is 1.29 bits per heavy atom. The van der Waals surface area contributed by atoms with Gasteiger partial charge >= 0.3 is 5.97 Å². The monoisotopic (exact) mass is 231 g/mol. The van der Waals surface area contributed by atoms with E-state index >= 15 is 0 Å². The number of rotatable bonds is 3. The van der Waals surface area contributed by atoms with Crippen molar-refractivity contribution in [1.82, 2.24) is 0 Å². The molecule has 1 saturated carbocycles. The second-order valence-corrected chi connectivity index (χ2v) is 5.76. The van der Waals surface area contributed by atoms with Gasteiger partial charge in [-0.25, -0.2) is 4.79 Å². The van der Waals surface area contributed by atoms with Crippen molar-refractivity contribution in [2.75, 3.05) is 6.61 Å². The van der Waals surface area contributed by atoms with E-state index in [1.807, 2.05) is 18.2 Å². The SMILES string of the molecule is CC(C)(C)C1(COC(=O)c2ccccc2)[CH]C1. The van der Waals surface area contributed by atoms with Crippen LogP contribution in [0.2, 0.25) is 0 Å². The standard InChI is InChI=1S/C15H19O2/c1-14(2,3)15(9-10-15)11-17-13(16)12-7-5-4-6-8-12/h4-9H,10-11H2,1-3H3. The van der Waals surface area contributed by atoms with Gasteiger partial charge in [-0.05, 0) is 30.4 Å². The number of carbonyl (C=O) groups is 1. The van der Waals surface area contributed by atoms with Gasteiger partial charge in [-0.2, -0.15) is 0 Å². The summed E-state index contributed by atoms with van der Waals surface area (Å²) < 4.78 is 5.41. The van der Waals surface area contributed by atoms with Gasteiger partial charge in [0.1, 0.15) is 0 Å². The van der Waals surface area contributed by atoms with E-state index in [1.165, 1.54) is 0 Å². The Hall–Kier alpha value is -1.31. The first-order valence-corrected chi connectivity index (χ1v) is 6.01. The van der Waals surface area contributed by atoms with Crippen molar-refractivity contribution in [3.05, 3.63) is 42.3 Å². The van der Waals surface area contributed by atoms with Crippen LogP contribution in [-0.2, 0) is 4.74 Å². The molecule has 0 spiro atoms. The van der Waals surface area contributed by atoms with Gasteiger partial charge in [-0.1, -0.05) is 39.0 Å². The molecule has 1 aromatic rings. The first-order chi connectivity index (χ1) is 7.95. The molecule has 0 amide bonds. The number of ether oxygens (including phenoxy) is 1. The fourth-order valence-corrected chi connectivity index (χ4v) is 1.92. The normalized spacial score (nSPS) is 17.6. The third kappa shape index (κ3) is 2.51. The molecule has 1 radical (unpaired) electrons. The molecular formula is C15H19O2. The van der Waals surface area contributed by atoms with Gasteiger partial charge in [0.25, 0.3) is 0 Å². The van der Waals surface area contributed by atoms with Crippen LogP contribution < -0.4 is 0 Å². The molecule has 2 heteroatoms. The molecule has 2 nitrogen and oxygen atoms in total. The Balaban J connectivity index is 1.94. The van der Waals surface area contributed by atoms with Crippen LogP contribution in [0.3, 0.4) is 0 Å². The van der Waals surface area contributed by atoms with Crippen LogP contribution in [0.5, 0.6) is 0 Å². The van der Waals surface area contributed by atoms with Gasteiger partial charge in [0.2, 0.25) is 0 Å². The highest BCUT2D eigenvalue weighted by Gasteiger charge is 2.53. The molecule has 1 atom stereocenters. The minimum Gasteiger partial charge on any atom is -0.461 e. The second kappa shape index (κ2) is 4.17. The Kier molecular flexibility index (Phi) is 2.98. The van der Waals surface area contributed by atoms with Crippen LogP contribution >= 0.6 is 0 Å². The fourth-order valence-electron chi connectivity index (χ4n) is 1.92. The maximum Gasteiger partial charge on any atom is 0.338 e. The van der Waals surface area contributed by atoms with Crippen LogP contribution in [0, 0.1) is 17.3 Å². The smallest absolute Gasteiger partial charge is 0.338 e. The quantitative estimate of drug-likeness (QED) is 0.744. The largest absolute Gasteiger partial charge is 0.461 e. The molecule has 17 heavy (non-hydrogen) atoms. The lowest BCUT2D eigenvalue weighted by atomic mass is 9.78. The van der Waals surface area contributed by atoms with Crippen LogP contribution in [0.1, 0.15) is 37.6 Å². The summed E-state index contributed by atoms with van der Waals surface area (Å²) in [5, 5.41) is 0. The Morgan fingerprint density at radius 2 is 1.88 bits per heavy atom. The van der Waals surface area contributed by atoms with Gasteiger partial charge < -0.3 is 4.74 Å². The van der Waals surface area contributed by atoms with Gasteiger partial charge in [0, 0.05) is 5.41 Å². The molecule has 0 bridgehead atoms. The number of esters is 1. The van der Waals surface area contributed by atoms with Crippen molar-refractivity contribution in [2.24, 2.45) is 10.8 Å². The molecule has 2 rings (SSSR count). The van der Waals surface area contributed by atoms with Crippen LogP contribution in [0.15, 0.2) is 30.3 Å². The zero-order chi connectivity index (χ0) is 12.5. The average Bonchev–Trinajstić information content (AvgIpc) is 3.07. The molecule has 1 fully saturated rings. The van der Waals surface area contributed by atoms with Crippen molar-refractivity contribution in [3.63, 3.8) is 0 Å². The number of benzene rings is 1. The maximum atomic E-state index is 11.8. The van der Waals surface area contributed by atoms with Gasteiger partial charge in [0.15, 0.2) is 0 Å². The van der Waals surface area contributed by atoms with E-state index in [0.717, 1.165) is 6.42 Å². The van der Waals surface area contributed by atoms with Gasteiger partial charge in [-0.3, -0.25) is 0 Å². The molecule has 1 unspecified atom stereocenters. The highest BCUT2D eigenvalue weighted by atomic mass is 16.5. The predicted molar refractivity (Wildman–Crippen MR) is 67.5 cm³/mol. The maximum absolute atomic E-state index is 11.8. The summed E-state index contributed by atoms with van der Waals surface area (Å²) in [5.41, 5.74) is 0.860. The lowest BCUT2D eigenvalue weighted by molar-refractivity contribution is 0.0299. The fraction of sp³-hybridized carbons (Fsp3) is 0.467. The number of hydrogen-bond donors (Lipinski definition) is 0. The number of hydrogen-bond acceptors (Lipinski definition) is 2. The second-order valence-electron chi connectivity index (χ2n) is 5.76. The molecule has 0 N–H and O–H groups in total. The molecule has 0 aromatic heterocycles. The molecule has 1 aliphatic rings. The van der Waals surface area contributed by atoms with E-state index in [4.69, 9.17) is 4.74 Å². The molecule has 0 saturated heterocycles. The molecule has 1 aromatic carbocycles. The summed E-state index contributed by atoms with van der Waals surface area (Å²) in [4.78, 5) is 11.8. The minimum atomic E-state index is -0.227. The van der Waals surface area contributed by atoms with Crippen LogP contribution in [0.4, 0.5) is 0 Å². The molecular weight excluding hydrogens is 212 g/mol. The van der Waals surface area contributed by atoms with E-state index in [0.29, 0.717) is 12.2 Å². The number of carbonyl (C=O) groups excluding carboxylic acids is 1. The lowest BCUT2D eigenvalue weighted by Gasteiger charge is -2.30. The first-order valence-electron chi connectivity index (χ1n) is 6.01. The highest BCUT2D eigenvalue weighted by molar-refractivity contribution is 5.89. The molecule has 1 aliphatic carbocycles. The Labute approximate surface area is 103 Å². The Bertz CT molecular complexity index is 397. The van der Waals surface area contributed by atoms with Crippen molar-refractivity contribution in [3.8, 4) is 0 Å². The summed E-state index contributed by atoms with van der Waals surface area (Å²) in [6, 6.07) is 9.15. The van der Waals surface area contributed by atoms with Crippen molar-refractivity contribution < 1.29 is 9.53 Å². The van der Waals surface area contributed by atoms with Crippen molar-refractivity contribution >= 4 is 5.97 Å². The topological polar surface area (TPSA) is 26.3 Å². The lowest BCUT2D eigenvalue weighted by Crippen LogP contribution is -2.28. The predicted octanol–water partition coefficient (Wildman–Crippen LogP) is 3.48. The van der Waals surface area contributed by atoms with Crippen molar-refractivity contribution in [2.45, 2.75) is 27.2 Å². The van der Waals surface area contributed by atoms with Gasteiger partial charge in [0.05, 0.1) is 12.2 Å². The van der Waals surface area contributed by atoms with E-state index in [9.17, 15) is 4.79 Å². The Morgan fingerprint density at radius 3 is 2.35 bits per heavy atom. The van der Waals surface area contributed by atoms with E-state index in [1.54, 1.807) is 12.1 Å². The van der Waals surface area contributed by atoms with Gasteiger partial charge in [-0.15, -0.1) is 0 Å². The average molecular weight is 231 g/mol. The highest BCUT2D eigenvalue weighted by Crippen LogP contribution is 2.57. The van der Waals surface area contributed by atoms with E-state index in [2.05, 4.69) is 27.2 Å². The van der Waals surface area contributed by atoms with E-state index < -0.39 is 0 Å². The molecule has 0 aliphatic heterocycles. The molecule has 91 valence electrons. The third-order valence-electron chi connectivity index (χ3n) is 3.66. The summed E-state index contributed by atoms with van der Waals surface area (Å²) >= 11 is 0. The summed E-state index contributed by atoms with van der Waals surface area (Å²) in [6.45, 7) is 7.05. The van der Waals surface area contributed by atoms with Crippen LogP contribution in [-0.4, -0.2) is 12.6 Å². The van der Waals surface area contributed by atoms with E-state index in [-0.39, 0.29) is 16.8 Å². The molecule has 0 heterocycles. The van der Waals surface area contributed by atoms with Crippen molar-refractivity contribution in [1.29, 1.82) is 0 Å². The van der Waals surface area contributed by atoms with Crippen LogP contribution in [0.25, 0.3) is 0 Å². The summed E-state index contributed by atoms with van der Waals surface area (Å²) in [7, 11) is 0. The minimum absolute atomic E-state index is 0.0808. The zero-order valence-electron chi connectivity index (χ0n) is 10.7.